The van der Waals surface area contributed by atoms with Crippen LogP contribution in [0.3, 0.4) is 0 Å². The van der Waals surface area contributed by atoms with E-state index in [4.69, 9.17) is 11.6 Å². The van der Waals surface area contributed by atoms with Gasteiger partial charge in [0.15, 0.2) is 11.0 Å². The second kappa shape index (κ2) is 5.15. The zero-order valence-electron chi connectivity index (χ0n) is 9.89. The van der Waals surface area contributed by atoms with Gasteiger partial charge in [0.1, 0.15) is 0 Å². The number of hydrogen-bond acceptors (Lipinski definition) is 3. The molecule has 0 aliphatic rings. The summed E-state index contributed by atoms with van der Waals surface area (Å²) in [7, 11) is 1.99. The van der Waals surface area contributed by atoms with E-state index < -0.39 is 0 Å². The fourth-order valence-electron chi connectivity index (χ4n) is 1.68. The zero-order valence-corrected chi connectivity index (χ0v) is 10.6. The minimum absolute atomic E-state index is 0.415. The first-order chi connectivity index (χ1) is 8.15. The van der Waals surface area contributed by atoms with Crippen molar-refractivity contribution < 1.29 is 0 Å². The van der Waals surface area contributed by atoms with Crippen molar-refractivity contribution >= 4 is 17.4 Å². The lowest BCUT2D eigenvalue weighted by molar-refractivity contribution is 0.866. The van der Waals surface area contributed by atoms with E-state index in [1.807, 2.05) is 18.0 Å². The summed E-state index contributed by atoms with van der Waals surface area (Å²) in [6.07, 6.45) is 0. The highest BCUT2D eigenvalue weighted by Gasteiger charge is 2.04. The van der Waals surface area contributed by atoms with Gasteiger partial charge in [0.25, 0.3) is 0 Å². The van der Waals surface area contributed by atoms with Crippen LogP contribution in [0.15, 0.2) is 36.4 Å². The molecule has 0 saturated heterocycles. The Morgan fingerprint density at radius 3 is 2.65 bits per heavy atom. The second-order valence-corrected chi connectivity index (χ2v) is 4.45. The first-order valence-electron chi connectivity index (χ1n) is 5.41. The van der Waals surface area contributed by atoms with Crippen molar-refractivity contribution in [1.29, 1.82) is 0 Å². The summed E-state index contributed by atoms with van der Waals surface area (Å²) in [6.45, 7) is 2.89. The van der Waals surface area contributed by atoms with Crippen molar-refractivity contribution in [2.75, 3.05) is 11.9 Å². The summed E-state index contributed by atoms with van der Waals surface area (Å²) < 4.78 is 0. The van der Waals surface area contributed by atoms with Crippen molar-refractivity contribution in [3.63, 3.8) is 0 Å². The molecule has 0 unspecified atom stereocenters. The van der Waals surface area contributed by atoms with Crippen molar-refractivity contribution in [3.8, 4) is 0 Å². The number of nitrogens with zero attached hydrogens (tertiary/aromatic N) is 3. The number of halogens is 1. The van der Waals surface area contributed by atoms with Crippen molar-refractivity contribution in [1.82, 2.24) is 10.2 Å². The summed E-state index contributed by atoms with van der Waals surface area (Å²) in [4.78, 5) is 2.04. The molecule has 1 aromatic carbocycles. The molecular weight excluding hydrogens is 234 g/mol. The molecule has 3 nitrogen and oxygen atoms in total. The molecule has 0 spiro atoms. The van der Waals surface area contributed by atoms with E-state index in [9.17, 15) is 0 Å². The van der Waals surface area contributed by atoms with Crippen molar-refractivity contribution in [3.05, 3.63) is 52.7 Å². The van der Waals surface area contributed by atoms with Gasteiger partial charge in [-0.1, -0.05) is 41.4 Å². The number of aryl methyl sites for hydroxylation is 1. The van der Waals surface area contributed by atoms with Crippen LogP contribution in [-0.4, -0.2) is 17.2 Å². The molecule has 0 aliphatic carbocycles. The smallest absolute Gasteiger partial charge is 0.151 e. The number of benzene rings is 1. The average molecular weight is 248 g/mol. The number of anilines is 1. The van der Waals surface area contributed by atoms with E-state index in [0.717, 1.165) is 12.4 Å². The molecule has 2 rings (SSSR count). The highest BCUT2D eigenvalue weighted by Crippen LogP contribution is 2.14. The lowest BCUT2D eigenvalue weighted by atomic mass is 10.1. The number of hydrogen-bond donors (Lipinski definition) is 0. The van der Waals surface area contributed by atoms with Crippen LogP contribution < -0.4 is 4.90 Å². The maximum absolute atomic E-state index is 5.71. The highest BCUT2D eigenvalue weighted by atomic mass is 35.5. The first kappa shape index (κ1) is 11.9. The van der Waals surface area contributed by atoms with Crippen LogP contribution in [-0.2, 0) is 6.54 Å². The summed E-state index contributed by atoms with van der Waals surface area (Å²) in [6, 6.07) is 12.0. The van der Waals surface area contributed by atoms with Gasteiger partial charge < -0.3 is 4.90 Å². The van der Waals surface area contributed by atoms with Crippen LogP contribution in [0.1, 0.15) is 11.1 Å². The van der Waals surface area contributed by atoms with Crippen LogP contribution >= 0.6 is 11.6 Å². The Labute approximate surface area is 106 Å². The maximum Gasteiger partial charge on any atom is 0.151 e. The lowest BCUT2D eigenvalue weighted by Crippen LogP contribution is -2.18. The Hall–Kier alpha value is -1.61. The summed E-state index contributed by atoms with van der Waals surface area (Å²) >= 11 is 5.71. The van der Waals surface area contributed by atoms with Gasteiger partial charge in [-0.2, -0.15) is 0 Å². The van der Waals surface area contributed by atoms with Gasteiger partial charge in [0, 0.05) is 13.6 Å². The molecule has 0 aliphatic heterocycles. The standard InChI is InChI=1S/C13H14ClN3/c1-10-4-3-5-11(8-10)9-17(2)13-7-6-12(14)15-16-13/h3-8H,9H2,1-2H3. The molecule has 0 saturated carbocycles. The van der Waals surface area contributed by atoms with E-state index in [-0.39, 0.29) is 0 Å². The maximum atomic E-state index is 5.71. The molecule has 2 aromatic rings. The Bertz CT molecular complexity index is 496. The minimum Gasteiger partial charge on any atom is -0.354 e. The Morgan fingerprint density at radius 2 is 2.00 bits per heavy atom. The van der Waals surface area contributed by atoms with Crippen molar-refractivity contribution in [2.24, 2.45) is 0 Å². The SMILES string of the molecule is Cc1cccc(CN(C)c2ccc(Cl)nn2)c1. The largest absolute Gasteiger partial charge is 0.354 e. The van der Waals surface area contributed by atoms with Crippen LogP contribution in [0.4, 0.5) is 5.82 Å². The van der Waals surface area contributed by atoms with Gasteiger partial charge in [-0.25, -0.2) is 0 Å². The Balaban J connectivity index is 2.11. The first-order valence-corrected chi connectivity index (χ1v) is 5.79. The molecule has 0 radical (unpaired) electrons. The van der Waals surface area contributed by atoms with E-state index >= 15 is 0 Å². The Morgan fingerprint density at radius 1 is 1.18 bits per heavy atom. The van der Waals surface area contributed by atoms with Crippen molar-refractivity contribution in [2.45, 2.75) is 13.5 Å². The molecule has 4 heteroatoms. The van der Waals surface area contributed by atoms with Crippen LogP contribution in [0.25, 0.3) is 0 Å². The topological polar surface area (TPSA) is 29.0 Å². The van der Waals surface area contributed by atoms with Crippen LogP contribution in [0.5, 0.6) is 0 Å². The fourth-order valence-corrected chi connectivity index (χ4v) is 1.78. The Kier molecular flexibility index (Phi) is 3.59. The zero-order chi connectivity index (χ0) is 12.3. The predicted octanol–water partition coefficient (Wildman–Crippen LogP) is 3.07. The normalized spacial score (nSPS) is 10.3. The van der Waals surface area contributed by atoms with Crippen LogP contribution in [0, 0.1) is 6.92 Å². The molecular formula is C13H14ClN3. The molecule has 88 valence electrons. The fraction of sp³-hybridized carbons (Fsp3) is 0.231. The monoisotopic (exact) mass is 247 g/mol. The molecule has 1 heterocycles. The van der Waals surface area contributed by atoms with Gasteiger partial charge in [-0.3, -0.25) is 0 Å². The molecule has 0 N–H and O–H groups in total. The molecule has 1 aromatic heterocycles. The third kappa shape index (κ3) is 3.17. The molecule has 0 bridgehead atoms. The predicted molar refractivity (Wildman–Crippen MR) is 70.3 cm³/mol. The van der Waals surface area contributed by atoms with Gasteiger partial charge in [-0.15, -0.1) is 10.2 Å². The average Bonchev–Trinajstić information content (AvgIpc) is 2.29. The molecule has 0 fully saturated rings. The van der Waals surface area contributed by atoms with Gasteiger partial charge in [0.05, 0.1) is 0 Å². The molecule has 0 amide bonds. The quantitative estimate of drug-likeness (QED) is 0.835. The third-order valence-corrected chi connectivity index (χ3v) is 2.71. The number of rotatable bonds is 3. The molecule has 0 atom stereocenters. The lowest BCUT2D eigenvalue weighted by Gasteiger charge is -2.17. The summed E-state index contributed by atoms with van der Waals surface area (Å²) in [5, 5.41) is 8.29. The second-order valence-electron chi connectivity index (χ2n) is 4.06. The van der Waals surface area contributed by atoms with E-state index in [1.165, 1.54) is 11.1 Å². The van der Waals surface area contributed by atoms with Gasteiger partial charge >= 0.3 is 0 Å². The third-order valence-electron chi connectivity index (χ3n) is 2.51. The highest BCUT2D eigenvalue weighted by molar-refractivity contribution is 6.29. The van der Waals surface area contributed by atoms with Gasteiger partial charge in [0.2, 0.25) is 0 Å². The number of aromatic nitrogens is 2. The van der Waals surface area contributed by atoms with E-state index in [1.54, 1.807) is 6.07 Å². The van der Waals surface area contributed by atoms with E-state index in [0.29, 0.717) is 5.15 Å². The van der Waals surface area contributed by atoms with Crippen LogP contribution in [0.2, 0.25) is 5.15 Å². The van der Waals surface area contributed by atoms with Gasteiger partial charge in [-0.05, 0) is 24.6 Å². The summed E-state index contributed by atoms with van der Waals surface area (Å²) in [5.74, 6) is 0.816. The summed E-state index contributed by atoms with van der Waals surface area (Å²) in [5.41, 5.74) is 2.52. The molecule has 17 heavy (non-hydrogen) atoms. The van der Waals surface area contributed by atoms with E-state index in [2.05, 4.69) is 41.4 Å². The minimum atomic E-state index is 0.415.